The smallest absolute Gasteiger partial charge is 0.228 e. The van der Waals surface area contributed by atoms with Gasteiger partial charge in [0, 0.05) is 35.9 Å². The number of nitrogens with one attached hydrogen (secondary N) is 1. The van der Waals surface area contributed by atoms with Crippen molar-refractivity contribution < 1.29 is 4.79 Å². The first-order valence-electron chi connectivity index (χ1n) is 9.65. The van der Waals surface area contributed by atoms with E-state index in [2.05, 4.69) is 39.3 Å². The van der Waals surface area contributed by atoms with Crippen LogP contribution in [-0.2, 0) is 4.79 Å². The lowest BCUT2D eigenvalue weighted by Gasteiger charge is -2.31. The third kappa shape index (κ3) is 4.05. The molecule has 1 N–H and O–H groups in total. The second-order valence-electron chi connectivity index (χ2n) is 7.69. The number of fused-ring (bicyclic) bond motifs is 1. The molecule has 3 heterocycles. The molecule has 0 unspecified atom stereocenters. The van der Waals surface area contributed by atoms with E-state index in [1.807, 2.05) is 31.5 Å². The molecule has 3 aromatic heterocycles. The quantitative estimate of drug-likeness (QED) is 0.719. The van der Waals surface area contributed by atoms with Crippen molar-refractivity contribution in [1.29, 1.82) is 0 Å². The van der Waals surface area contributed by atoms with Gasteiger partial charge in [0.25, 0.3) is 0 Å². The molecule has 1 aliphatic rings. The molecule has 7 heteroatoms. The van der Waals surface area contributed by atoms with Crippen LogP contribution in [0.4, 0.5) is 5.82 Å². The van der Waals surface area contributed by atoms with Crippen molar-refractivity contribution in [2.75, 3.05) is 19.4 Å². The molecule has 1 saturated carbocycles. The van der Waals surface area contributed by atoms with Crippen LogP contribution in [0.5, 0.6) is 0 Å². The van der Waals surface area contributed by atoms with Crippen molar-refractivity contribution >= 4 is 33.8 Å². The molecule has 0 aromatic carbocycles. The van der Waals surface area contributed by atoms with Crippen LogP contribution in [0.25, 0.3) is 21.3 Å². The predicted molar refractivity (Wildman–Crippen MR) is 113 cm³/mol. The van der Waals surface area contributed by atoms with Crippen LogP contribution in [-0.4, -0.2) is 45.9 Å². The van der Waals surface area contributed by atoms with E-state index >= 15 is 0 Å². The highest BCUT2D eigenvalue weighted by Gasteiger charge is 2.27. The standard InChI is InChI=1S/C21H25N5OS/c1-13-22-12-19(28-13)18-8-15-9-20(24-11-16(15)10-23-18)25-21(27)14-4-6-17(7-5-14)26(2)3/h8-12,14,17H,4-7H2,1-3H3,(H,24,25,27)/t14-,17-. The highest BCUT2D eigenvalue weighted by atomic mass is 32.1. The van der Waals surface area contributed by atoms with Crippen LogP contribution in [0.1, 0.15) is 30.7 Å². The lowest BCUT2D eigenvalue weighted by atomic mass is 9.85. The van der Waals surface area contributed by atoms with Gasteiger partial charge in [0.2, 0.25) is 5.91 Å². The molecule has 0 radical (unpaired) electrons. The lowest BCUT2D eigenvalue weighted by Crippen LogP contribution is -2.35. The number of anilines is 1. The number of aryl methyl sites for hydroxylation is 1. The molecule has 1 amide bonds. The Labute approximate surface area is 169 Å². The molecule has 6 nitrogen and oxygen atoms in total. The fourth-order valence-electron chi connectivity index (χ4n) is 3.80. The van der Waals surface area contributed by atoms with Gasteiger partial charge in [-0.25, -0.2) is 9.97 Å². The summed E-state index contributed by atoms with van der Waals surface area (Å²) in [4.78, 5) is 29.2. The Morgan fingerprint density at radius 1 is 1.04 bits per heavy atom. The van der Waals surface area contributed by atoms with E-state index in [9.17, 15) is 4.79 Å². The summed E-state index contributed by atoms with van der Waals surface area (Å²) in [5.41, 5.74) is 0.892. The van der Waals surface area contributed by atoms with E-state index in [-0.39, 0.29) is 11.8 Å². The Kier molecular flexibility index (Phi) is 5.37. The van der Waals surface area contributed by atoms with Gasteiger partial charge in [0.1, 0.15) is 5.82 Å². The zero-order chi connectivity index (χ0) is 19.7. The van der Waals surface area contributed by atoms with E-state index < -0.39 is 0 Å². The fraction of sp³-hybridized carbons (Fsp3) is 0.429. The molecule has 0 spiro atoms. The molecule has 1 fully saturated rings. The average molecular weight is 396 g/mol. The van der Waals surface area contributed by atoms with Crippen LogP contribution in [0.3, 0.4) is 0 Å². The first-order valence-corrected chi connectivity index (χ1v) is 10.5. The van der Waals surface area contributed by atoms with Gasteiger partial charge < -0.3 is 10.2 Å². The third-order valence-electron chi connectivity index (χ3n) is 5.53. The van der Waals surface area contributed by atoms with Crippen molar-refractivity contribution in [2.24, 2.45) is 5.92 Å². The molecule has 0 atom stereocenters. The maximum absolute atomic E-state index is 12.7. The number of hydrogen-bond donors (Lipinski definition) is 1. The minimum absolute atomic E-state index is 0.0712. The highest BCUT2D eigenvalue weighted by molar-refractivity contribution is 7.15. The number of hydrogen-bond acceptors (Lipinski definition) is 6. The van der Waals surface area contributed by atoms with Crippen molar-refractivity contribution in [3.63, 3.8) is 0 Å². The molecule has 1 aliphatic carbocycles. The summed E-state index contributed by atoms with van der Waals surface area (Å²) in [6, 6.07) is 4.55. The summed E-state index contributed by atoms with van der Waals surface area (Å²) < 4.78 is 0. The molecule has 0 bridgehead atoms. The zero-order valence-corrected chi connectivity index (χ0v) is 17.3. The van der Waals surface area contributed by atoms with Gasteiger partial charge in [0.15, 0.2) is 0 Å². The first kappa shape index (κ1) is 19.0. The number of rotatable bonds is 4. The summed E-state index contributed by atoms with van der Waals surface area (Å²) in [5.74, 6) is 0.753. The maximum atomic E-state index is 12.7. The molecular formula is C21H25N5OS. The number of nitrogens with zero attached hydrogens (tertiary/aromatic N) is 4. The monoisotopic (exact) mass is 395 g/mol. The predicted octanol–water partition coefficient (Wildman–Crippen LogP) is 4.12. The average Bonchev–Trinajstić information content (AvgIpc) is 3.14. The van der Waals surface area contributed by atoms with Gasteiger partial charge in [-0.05, 0) is 64.2 Å². The summed E-state index contributed by atoms with van der Waals surface area (Å²) in [7, 11) is 4.22. The van der Waals surface area contributed by atoms with Crippen LogP contribution in [0.15, 0.2) is 30.7 Å². The second kappa shape index (κ2) is 7.93. The normalized spacial score (nSPS) is 19.9. The first-order chi connectivity index (χ1) is 13.5. The second-order valence-corrected chi connectivity index (χ2v) is 8.92. The van der Waals surface area contributed by atoms with Gasteiger partial charge in [-0.3, -0.25) is 9.78 Å². The van der Waals surface area contributed by atoms with Crippen LogP contribution >= 0.6 is 11.3 Å². The molecular weight excluding hydrogens is 370 g/mol. The van der Waals surface area contributed by atoms with Crippen LogP contribution in [0, 0.1) is 12.8 Å². The van der Waals surface area contributed by atoms with Gasteiger partial charge in [-0.2, -0.15) is 0 Å². The number of carbonyl (C=O) groups excluding carboxylic acids is 1. The van der Waals surface area contributed by atoms with Crippen molar-refractivity contribution in [2.45, 2.75) is 38.6 Å². The summed E-state index contributed by atoms with van der Waals surface area (Å²) in [6.07, 6.45) is 9.44. The van der Waals surface area contributed by atoms with Crippen LogP contribution in [0.2, 0.25) is 0 Å². The van der Waals surface area contributed by atoms with E-state index in [1.165, 1.54) is 0 Å². The largest absolute Gasteiger partial charge is 0.310 e. The molecule has 146 valence electrons. The lowest BCUT2D eigenvalue weighted by molar-refractivity contribution is -0.121. The highest BCUT2D eigenvalue weighted by Crippen LogP contribution is 2.29. The van der Waals surface area contributed by atoms with Crippen molar-refractivity contribution in [1.82, 2.24) is 19.9 Å². The van der Waals surface area contributed by atoms with E-state index in [0.29, 0.717) is 11.9 Å². The summed E-state index contributed by atoms with van der Waals surface area (Å²) in [5, 5.41) is 6.00. The minimum Gasteiger partial charge on any atom is -0.310 e. The summed E-state index contributed by atoms with van der Waals surface area (Å²) >= 11 is 1.62. The fourth-order valence-corrected chi connectivity index (χ4v) is 4.55. The number of pyridine rings is 2. The minimum atomic E-state index is 0.0712. The molecule has 28 heavy (non-hydrogen) atoms. The Hall–Kier alpha value is -2.38. The summed E-state index contributed by atoms with van der Waals surface area (Å²) in [6.45, 7) is 1.98. The van der Waals surface area contributed by atoms with Crippen molar-refractivity contribution in [3.05, 3.63) is 35.7 Å². The van der Waals surface area contributed by atoms with Crippen LogP contribution < -0.4 is 5.32 Å². The Bertz CT molecular complexity index is 991. The topological polar surface area (TPSA) is 71.0 Å². The van der Waals surface area contributed by atoms with E-state index in [4.69, 9.17) is 0 Å². The van der Waals surface area contributed by atoms with E-state index in [1.54, 1.807) is 17.5 Å². The number of thiazole rings is 1. The maximum Gasteiger partial charge on any atom is 0.228 e. The van der Waals surface area contributed by atoms with Gasteiger partial charge >= 0.3 is 0 Å². The number of aromatic nitrogens is 3. The number of carbonyl (C=O) groups is 1. The number of amides is 1. The van der Waals surface area contributed by atoms with Gasteiger partial charge in [-0.15, -0.1) is 11.3 Å². The Balaban J connectivity index is 1.49. The van der Waals surface area contributed by atoms with Gasteiger partial charge in [0.05, 0.1) is 15.6 Å². The Morgan fingerprint density at radius 3 is 2.46 bits per heavy atom. The molecule has 0 saturated heterocycles. The SMILES string of the molecule is Cc1ncc(-c2cc3cc(NC(=O)[C@H]4CC[C@H](N(C)C)CC4)ncc3cn2)s1. The Morgan fingerprint density at radius 2 is 1.79 bits per heavy atom. The van der Waals surface area contributed by atoms with Gasteiger partial charge in [-0.1, -0.05) is 0 Å². The molecule has 0 aliphatic heterocycles. The van der Waals surface area contributed by atoms with Crippen molar-refractivity contribution in [3.8, 4) is 10.6 Å². The zero-order valence-electron chi connectivity index (χ0n) is 16.5. The molecule has 4 rings (SSSR count). The molecule has 3 aromatic rings. The van der Waals surface area contributed by atoms with E-state index in [0.717, 1.165) is 52.0 Å². The third-order valence-corrected chi connectivity index (χ3v) is 6.46.